The van der Waals surface area contributed by atoms with Crippen molar-refractivity contribution < 1.29 is 0 Å². The van der Waals surface area contributed by atoms with Crippen molar-refractivity contribution in [3.8, 4) is 0 Å². The second-order valence-corrected chi connectivity index (χ2v) is 72.1. The summed E-state index contributed by atoms with van der Waals surface area (Å²) in [5.74, 6) is 3.49. The summed E-state index contributed by atoms with van der Waals surface area (Å²) in [6.45, 7) is 167. The van der Waals surface area contributed by atoms with Crippen molar-refractivity contribution in [3.05, 3.63) is 60.8 Å². The standard InChI is InChI=1S/C15H32.C15H30.C15H32.C15H30.C15H32.C15H30.C15H32.C15H30.C14H28.C9H20/c2*1-13(2,3)9-11-15(7,8)12-10-14(4,5)6;2*1-13(2,3)10-9-11-15(7,8)12-14(4,5)6;2*1-13(2,3)11-9-10-12-15(7,8)14(4,5)6;2*1-13(12-15(5,6)7)10-8-9-11-14(2,3)4;1-12(14(5,6)7)10-8-9-11-13(2,3)4;1-4-6-7-8-9(3)5-2/h9-12H2,1-8H3;9,11H,10,12H2,1-8H3;9-12H2,1-8H3;9-10H,11-12H2,1-8H3;9-12H2,1-8H3;9,11H,10,12H2,1-8H3;13H,8-12H2,1-7H3;9,11,13H,8,10,12H2,1-7H3;9,11-12H,8,10H2,1-7H3;9H,4-8H2,1-3H3/b;11-9+;;10-9+;;11-9+;;2*11-9+;. The van der Waals surface area contributed by atoms with E-state index in [1.165, 1.54) is 212 Å². The molecule has 0 aromatic heterocycles. The van der Waals surface area contributed by atoms with Crippen LogP contribution in [0.1, 0.15) is 710 Å². The van der Waals surface area contributed by atoms with E-state index in [0.29, 0.717) is 130 Å². The fourth-order valence-corrected chi connectivity index (χ4v) is 16.9. The zero-order valence-electron chi connectivity index (χ0n) is 115. The summed E-state index contributed by atoms with van der Waals surface area (Å²) in [6.07, 6.45) is 67.5. The molecule has 0 saturated heterocycles. The predicted molar refractivity (Wildman–Crippen MR) is 679 cm³/mol. The molecule has 0 radical (unpaired) electrons. The van der Waals surface area contributed by atoms with E-state index < -0.39 is 0 Å². The Morgan fingerprint density at radius 1 is 0.196 bits per heavy atom. The van der Waals surface area contributed by atoms with Crippen molar-refractivity contribution in [1.29, 1.82) is 0 Å². The molecule has 0 amide bonds. The molecule has 0 aliphatic heterocycles. The molecule has 0 rings (SSSR count). The largest absolute Gasteiger partial charge is 0.0880 e. The van der Waals surface area contributed by atoms with Crippen molar-refractivity contribution in [2.45, 2.75) is 710 Å². The Morgan fingerprint density at radius 3 is 0.783 bits per heavy atom. The Labute approximate surface area is 918 Å². The van der Waals surface area contributed by atoms with Gasteiger partial charge in [0.1, 0.15) is 0 Å². The monoisotopic (exact) mass is 2010 g/mol. The molecule has 0 N–H and O–H groups in total. The van der Waals surface area contributed by atoms with E-state index in [2.05, 4.69) is 559 Å². The lowest BCUT2D eigenvalue weighted by molar-refractivity contribution is 0.114. The molecule has 0 aliphatic rings. The molecule has 0 heterocycles. The maximum atomic E-state index is 2.42. The minimum absolute atomic E-state index is 0.305. The summed E-state index contributed by atoms with van der Waals surface area (Å²) in [6, 6.07) is 0. The number of allylic oxidation sites excluding steroid dienone is 10. The topological polar surface area (TPSA) is 0 Å². The third kappa shape index (κ3) is 143. The van der Waals surface area contributed by atoms with E-state index in [1.54, 1.807) is 0 Å². The lowest BCUT2D eigenvalue weighted by atomic mass is 9.66. The molecule has 0 aromatic carbocycles. The zero-order valence-corrected chi connectivity index (χ0v) is 115. The Morgan fingerprint density at radius 2 is 0.476 bits per heavy atom. The summed E-state index contributed by atoms with van der Waals surface area (Å²) >= 11 is 0. The van der Waals surface area contributed by atoms with E-state index in [-0.39, 0.29) is 0 Å². The van der Waals surface area contributed by atoms with Crippen LogP contribution < -0.4 is 0 Å². The van der Waals surface area contributed by atoms with E-state index in [0.717, 1.165) is 23.7 Å². The summed E-state index contributed by atoms with van der Waals surface area (Å²) in [5.41, 5.74) is 10.4. The van der Waals surface area contributed by atoms with Gasteiger partial charge in [0.15, 0.2) is 0 Å². The Hall–Kier alpha value is -1.30. The van der Waals surface area contributed by atoms with E-state index in [4.69, 9.17) is 0 Å². The maximum Gasteiger partial charge on any atom is -0.0174 e. The second-order valence-electron chi connectivity index (χ2n) is 72.1. The van der Waals surface area contributed by atoms with Crippen LogP contribution in [0.3, 0.4) is 0 Å². The first-order valence-corrected chi connectivity index (χ1v) is 60.6. The second kappa shape index (κ2) is 70.3. The van der Waals surface area contributed by atoms with Crippen LogP contribution in [0.15, 0.2) is 60.8 Å². The third-order valence-electron chi connectivity index (χ3n) is 28.4. The van der Waals surface area contributed by atoms with Crippen LogP contribution in [-0.4, -0.2) is 0 Å². The van der Waals surface area contributed by atoms with Crippen molar-refractivity contribution in [3.63, 3.8) is 0 Å². The van der Waals surface area contributed by atoms with Gasteiger partial charge in [0.05, 0.1) is 0 Å². The fraction of sp³-hybridized carbons (Fsp3) is 0.930. The molecule has 868 valence electrons. The van der Waals surface area contributed by atoms with Gasteiger partial charge in [-0.25, -0.2) is 0 Å². The van der Waals surface area contributed by atoms with Crippen LogP contribution in [0.25, 0.3) is 0 Å². The Kier molecular flexibility index (Phi) is 79.5. The molecule has 0 nitrogen and oxygen atoms in total. The number of hydrogen-bond donors (Lipinski definition) is 0. The van der Waals surface area contributed by atoms with Gasteiger partial charge in [-0.15, -0.1) is 0 Å². The van der Waals surface area contributed by atoms with Crippen LogP contribution in [0, 0.1) is 154 Å². The molecule has 0 fully saturated rings. The van der Waals surface area contributed by atoms with Gasteiger partial charge in [-0.05, 0) is 295 Å². The van der Waals surface area contributed by atoms with Crippen molar-refractivity contribution in [1.82, 2.24) is 0 Å². The molecular formula is C143H296. The van der Waals surface area contributed by atoms with Gasteiger partial charge in [0.25, 0.3) is 0 Å². The van der Waals surface area contributed by atoms with E-state index >= 15 is 0 Å². The average molecular weight is 2020 g/mol. The van der Waals surface area contributed by atoms with Crippen molar-refractivity contribution in [2.24, 2.45) is 154 Å². The van der Waals surface area contributed by atoms with Crippen LogP contribution in [-0.2, 0) is 0 Å². The molecule has 0 bridgehead atoms. The summed E-state index contributed by atoms with van der Waals surface area (Å²) in [5, 5.41) is 0. The Bertz CT molecular complexity index is 3080. The first-order valence-electron chi connectivity index (χ1n) is 60.6. The molecular weight excluding hydrogens is 1720 g/mol. The molecule has 0 saturated carbocycles. The minimum Gasteiger partial charge on any atom is -0.0880 e. The molecule has 4 unspecified atom stereocenters. The number of unbranched alkanes of at least 4 members (excludes halogenated alkanes) is 4. The Balaban J connectivity index is -0.000000172. The summed E-state index contributed by atoms with van der Waals surface area (Å²) in [7, 11) is 0. The van der Waals surface area contributed by atoms with Gasteiger partial charge in [-0.2, -0.15) is 0 Å². The van der Waals surface area contributed by atoms with E-state index in [1.807, 2.05) is 0 Å². The van der Waals surface area contributed by atoms with Crippen LogP contribution >= 0.6 is 0 Å². The highest BCUT2D eigenvalue weighted by Crippen LogP contribution is 2.46. The molecule has 0 spiro atoms. The quantitative estimate of drug-likeness (QED) is 0.0427. The van der Waals surface area contributed by atoms with Crippen LogP contribution in [0.5, 0.6) is 0 Å². The van der Waals surface area contributed by atoms with Gasteiger partial charge in [-0.3, -0.25) is 0 Å². The highest BCUT2D eigenvalue weighted by Gasteiger charge is 2.35. The zero-order chi connectivity index (χ0) is 117. The van der Waals surface area contributed by atoms with Crippen LogP contribution in [0.4, 0.5) is 0 Å². The molecule has 4 atom stereocenters. The SMILES string of the molecule is CC(C)(C)/C=C/C(C)(C)CCC(C)(C)C.CC(C)(C)/C=C/CC(C)(C)CC(C)(C)C.CC(C)(C)/C=C/CCC(C)(C)C(C)(C)C.CC(C)(C)CCC(C)(C)CCC(C)(C)C.CC(C)(C)CCCC(C)(C)CC(C)(C)C.CC(C)(C)CCCCC(C)(C)C(C)(C)C.CC(CC/C=C/C(C)(C)C)C(C)(C)C.CC(CC/C=C/C(C)(C)C)CC(C)(C)C.CC(CCCCC(C)(C)C)CC(C)(C)C.CCCCCC(C)CC. The van der Waals surface area contributed by atoms with Crippen LogP contribution in [0.2, 0.25) is 0 Å². The lowest BCUT2D eigenvalue weighted by Crippen LogP contribution is -2.29. The minimum atomic E-state index is 0.305. The summed E-state index contributed by atoms with van der Waals surface area (Å²) in [4.78, 5) is 0. The normalized spacial score (nSPS) is 15.0. The predicted octanol–water partition coefficient (Wildman–Crippen LogP) is 53.1. The van der Waals surface area contributed by atoms with Gasteiger partial charge >= 0.3 is 0 Å². The maximum absolute atomic E-state index is 2.42. The number of rotatable bonds is 38. The molecule has 0 aromatic rings. The fourth-order valence-electron chi connectivity index (χ4n) is 16.9. The highest BCUT2D eigenvalue weighted by molar-refractivity contribution is 5.02. The first kappa shape index (κ1) is 162. The van der Waals surface area contributed by atoms with E-state index in [9.17, 15) is 0 Å². The molecule has 143 heavy (non-hydrogen) atoms. The first-order chi connectivity index (χ1) is 62.2. The smallest absolute Gasteiger partial charge is 0.0174 e. The van der Waals surface area contributed by atoms with Gasteiger partial charge in [0, 0.05) is 0 Å². The highest BCUT2D eigenvalue weighted by atomic mass is 14.4. The average Bonchev–Trinajstić information content (AvgIpc) is 0.839. The van der Waals surface area contributed by atoms with Crippen molar-refractivity contribution >= 4 is 0 Å². The van der Waals surface area contributed by atoms with Crippen molar-refractivity contribution in [2.75, 3.05) is 0 Å². The van der Waals surface area contributed by atoms with Gasteiger partial charge < -0.3 is 0 Å². The molecule has 0 aliphatic carbocycles. The van der Waals surface area contributed by atoms with Gasteiger partial charge in [0.2, 0.25) is 0 Å². The lowest BCUT2D eigenvalue weighted by Gasteiger charge is -2.39. The third-order valence-corrected chi connectivity index (χ3v) is 28.4. The summed E-state index contributed by atoms with van der Waals surface area (Å²) < 4.78 is 0. The number of hydrogen-bond acceptors (Lipinski definition) is 0. The molecule has 0 heteroatoms. The van der Waals surface area contributed by atoms with Gasteiger partial charge in [-0.1, -0.05) is 630 Å².